The third-order valence-electron chi connectivity index (χ3n) is 3.21. The van der Waals surface area contributed by atoms with Crippen LogP contribution in [0.5, 0.6) is 0 Å². The largest absolute Gasteiger partial charge is 0.394 e. The van der Waals surface area contributed by atoms with Gasteiger partial charge in [0.25, 0.3) is 0 Å². The van der Waals surface area contributed by atoms with E-state index in [1.54, 1.807) is 0 Å². The molecule has 0 fully saturated rings. The Morgan fingerprint density at radius 3 is 2.72 bits per heavy atom. The van der Waals surface area contributed by atoms with Crippen molar-refractivity contribution in [3.8, 4) is 0 Å². The minimum atomic E-state index is -0.207. The maximum absolute atomic E-state index is 11.9. The SMILES string of the molecule is O=C(N[C@H](CO)Cc1ccccc1)C1=CCCC1. The van der Waals surface area contributed by atoms with Crippen molar-refractivity contribution in [2.75, 3.05) is 6.61 Å². The summed E-state index contributed by atoms with van der Waals surface area (Å²) in [5.41, 5.74) is 1.98. The fourth-order valence-electron chi connectivity index (χ4n) is 2.22. The number of nitrogens with one attached hydrogen (secondary N) is 1. The lowest BCUT2D eigenvalue weighted by Gasteiger charge is -2.16. The molecular weight excluding hydrogens is 226 g/mol. The van der Waals surface area contributed by atoms with Crippen LogP contribution < -0.4 is 5.32 Å². The zero-order chi connectivity index (χ0) is 12.8. The summed E-state index contributed by atoms with van der Waals surface area (Å²) in [7, 11) is 0. The zero-order valence-electron chi connectivity index (χ0n) is 10.4. The Morgan fingerprint density at radius 1 is 1.33 bits per heavy atom. The third kappa shape index (κ3) is 3.44. The molecule has 0 saturated carbocycles. The van der Waals surface area contributed by atoms with Gasteiger partial charge in [-0.05, 0) is 31.2 Å². The highest BCUT2D eigenvalue weighted by Crippen LogP contribution is 2.17. The van der Waals surface area contributed by atoms with E-state index in [4.69, 9.17) is 0 Å². The summed E-state index contributed by atoms with van der Waals surface area (Å²) in [6, 6.07) is 9.68. The number of hydrogen-bond acceptors (Lipinski definition) is 2. The molecule has 0 spiro atoms. The Balaban J connectivity index is 1.91. The average molecular weight is 245 g/mol. The smallest absolute Gasteiger partial charge is 0.247 e. The summed E-state index contributed by atoms with van der Waals surface area (Å²) >= 11 is 0. The molecule has 0 unspecified atom stereocenters. The molecular formula is C15H19NO2. The van der Waals surface area contributed by atoms with E-state index in [1.807, 2.05) is 36.4 Å². The minimum Gasteiger partial charge on any atom is -0.394 e. The fraction of sp³-hybridized carbons (Fsp3) is 0.400. The van der Waals surface area contributed by atoms with Gasteiger partial charge >= 0.3 is 0 Å². The van der Waals surface area contributed by atoms with Crippen molar-refractivity contribution < 1.29 is 9.90 Å². The first-order valence-electron chi connectivity index (χ1n) is 6.44. The molecule has 2 N–H and O–H groups in total. The van der Waals surface area contributed by atoms with Gasteiger partial charge in [0.2, 0.25) is 5.91 Å². The standard InChI is InChI=1S/C15H19NO2/c17-11-14(10-12-6-2-1-3-7-12)16-15(18)13-8-4-5-9-13/h1-3,6-8,14,17H,4-5,9-11H2,(H,16,18)/t14-/m0/s1. The van der Waals surface area contributed by atoms with Crippen LogP contribution >= 0.6 is 0 Å². The van der Waals surface area contributed by atoms with Crippen molar-refractivity contribution in [2.45, 2.75) is 31.7 Å². The quantitative estimate of drug-likeness (QED) is 0.831. The van der Waals surface area contributed by atoms with E-state index in [1.165, 1.54) is 0 Å². The highest BCUT2D eigenvalue weighted by molar-refractivity contribution is 5.93. The van der Waals surface area contributed by atoms with Crippen molar-refractivity contribution in [1.29, 1.82) is 0 Å². The van der Waals surface area contributed by atoms with Crippen LogP contribution in [-0.2, 0) is 11.2 Å². The van der Waals surface area contributed by atoms with E-state index in [0.29, 0.717) is 6.42 Å². The Bertz CT molecular complexity index is 425. The molecule has 0 aromatic heterocycles. The molecule has 3 heteroatoms. The number of aliphatic hydroxyl groups is 1. The summed E-state index contributed by atoms with van der Waals surface area (Å²) < 4.78 is 0. The lowest BCUT2D eigenvalue weighted by atomic mass is 10.1. The molecule has 1 atom stereocenters. The van der Waals surface area contributed by atoms with Crippen molar-refractivity contribution in [1.82, 2.24) is 5.32 Å². The van der Waals surface area contributed by atoms with Crippen LogP contribution in [0.25, 0.3) is 0 Å². The number of carbonyl (C=O) groups excluding carboxylic acids is 1. The van der Waals surface area contributed by atoms with Crippen LogP contribution in [-0.4, -0.2) is 23.7 Å². The number of allylic oxidation sites excluding steroid dienone is 1. The molecule has 1 aromatic rings. The highest BCUT2D eigenvalue weighted by atomic mass is 16.3. The maximum Gasteiger partial charge on any atom is 0.247 e. The van der Waals surface area contributed by atoms with E-state index >= 15 is 0 Å². The van der Waals surface area contributed by atoms with Gasteiger partial charge in [-0.15, -0.1) is 0 Å². The second-order valence-electron chi connectivity index (χ2n) is 4.66. The van der Waals surface area contributed by atoms with E-state index in [0.717, 1.165) is 30.4 Å². The summed E-state index contributed by atoms with van der Waals surface area (Å²) in [6.45, 7) is -0.0338. The number of amides is 1. The van der Waals surface area contributed by atoms with Crippen LogP contribution in [0.4, 0.5) is 0 Å². The fourth-order valence-corrected chi connectivity index (χ4v) is 2.22. The Kier molecular flexibility index (Phi) is 4.53. The predicted octanol–water partition coefficient (Wildman–Crippen LogP) is 1.82. The molecule has 1 aromatic carbocycles. The Hall–Kier alpha value is -1.61. The molecule has 1 aliphatic carbocycles. The predicted molar refractivity (Wildman–Crippen MR) is 71.1 cm³/mol. The lowest BCUT2D eigenvalue weighted by Crippen LogP contribution is -2.39. The maximum atomic E-state index is 11.9. The molecule has 0 radical (unpaired) electrons. The van der Waals surface area contributed by atoms with E-state index in [2.05, 4.69) is 5.32 Å². The van der Waals surface area contributed by atoms with Crippen LogP contribution in [0.3, 0.4) is 0 Å². The van der Waals surface area contributed by atoms with E-state index in [-0.39, 0.29) is 18.6 Å². The lowest BCUT2D eigenvalue weighted by molar-refractivity contribution is -0.118. The van der Waals surface area contributed by atoms with E-state index in [9.17, 15) is 9.90 Å². The van der Waals surface area contributed by atoms with Gasteiger partial charge in [-0.1, -0.05) is 36.4 Å². The summed E-state index contributed by atoms with van der Waals surface area (Å²) in [4.78, 5) is 11.9. The molecule has 0 bridgehead atoms. The average Bonchev–Trinajstić information content (AvgIpc) is 2.93. The number of benzene rings is 1. The topological polar surface area (TPSA) is 49.3 Å². The van der Waals surface area contributed by atoms with Gasteiger partial charge in [-0.3, -0.25) is 4.79 Å². The molecule has 18 heavy (non-hydrogen) atoms. The Morgan fingerprint density at radius 2 is 2.11 bits per heavy atom. The van der Waals surface area contributed by atoms with Crippen molar-refractivity contribution in [2.24, 2.45) is 0 Å². The van der Waals surface area contributed by atoms with Crippen LogP contribution in [0.2, 0.25) is 0 Å². The minimum absolute atomic E-state index is 0.0255. The molecule has 2 rings (SSSR count). The summed E-state index contributed by atoms with van der Waals surface area (Å²) in [5, 5.41) is 12.2. The summed E-state index contributed by atoms with van der Waals surface area (Å²) in [5.74, 6) is -0.0255. The Labute approximate surface area is 108 Å². The second kappa shape index (κ2) is 6.36. The van der Waals surface area contributed by atoms with Crippen molar-refractivity contribution in [3.63, 3.8) is 0 Å². The first-order valence-corrected chi connectivity index (χ1v) is 6.44. The van der Waals surface area contributed by atoms with Gasteiger partial charge in [-0.25, -0.2) is 0 Å². The number of carbonyl (C=O) groups is 1. The van der Waals surface area contributed by atoms with Crippen molar-refractivity contribution >= 4 is 5.91 Å². The first kappa shape index (κ1) is 12.8. The summed E-state index contributed by atoms with van der Waals surface area (Å²) in [6.07, 6.45) is 5.56. The molecule has 0 heterocycles. The van der Waals surface area contributed by atoms with Gasteiger partial charge in [0.05, 0.1) is 12.6 Å². The van der Waals surface area contributed by atoms with E-state index < -0.39 is 0 Å². The molecule has 1 amide bonds. The molecule has 1 aliphatic rings. The highest BCUT2D eigenvalue weighted by Gasteiger charge is 2.17. The number of aliphatic hydroxyl groups excluding tert-OH is 1. The van der Waals surface area contributed by atoms with Gasteiger partial charge in [0.1, 0.15) is 0 Å². The molecule has 96 valence electrons. The molecule has 0 aliphatic heterocycles. The first-order chi connectivity index (χ1) is 8.79. The van der Waals surface area contributed by atoms with Gasteiger partial charge in [0, 0.05) is 5.57 Å². The number of rotatable bonds is 5. The number of hydrogen-bond donors (Lipinski definition) is 2. The third-order valence-corrected chi connectivity index (χ3v) is 3.21. The van der Waals surface area contributed by atoms with Gasteiger partial charge in [-0.2, -0.15) is 0 Å². The normalized spacial score (nSPS) is 16.2. The van der Waals surface area contributed by atoms with Crippen LogP contribution in [0.1, 0.15) is 24.8 Å². The van der Waals surface area contributed by atoms with Crippen molar-refractivity contribution in [3.05, 3.63) is 47.5 Å². The second-order valence-corrected chi connectivity index (χ2v) is 4.66. The van der Waals surface area contributed by atoms with Gasteiger partial charge < -0.3 is 10.4 Å². The van der Waals surface area contributed by atoms with Gasteiger partial charge in [0.15, 0.2) is 0 Å². The molecule has 0 saturated heterocycles. The molecule has 3 nitrogen and oxygen atoms in total. The zero-order valence-corrected chi connectivity index (χ0v) is 10.4. The van der Waals surface area contributed by atoms with Crippen LogP contribution in [0.15, 0.2) is 42.0 Å². The van der Waals surface area contributed by atoms with Crippen LogP contribution in [0, 0.1) is 0 Å². The monoisotopic (exact) mass is 245 g/mol.